The van der Waals surface area contributed by atoms with Crippen LogP contribution in [0.5, 0.6) is 0 Å². The molecule has 2 saturated heterocycles. The Morgan fingerprint density at radius 1 is 1.20 bits per heavy atom. The van der Waals surface area contributed by atoms with Crippen molar-refractivity contribution in [1.29, 1.82) is 0 Å². The van der Waals surface area contributed by atoms with Gasteiger partial charge in [-0.15, -0.1) is 11.3 Å². The molecule has 0 radical (unpaired) electrons. The molecule has 0 saturated carbocycles. The van der Waals surface area contributed by atoms with E-state index < -0.39 is 11.4 Å². The lowest BCUT2D eigenvalue weighted by Gasteiger charge is -2.25. The molecule has 2 aliphatic heterocycles. The smallest absolute Gasteiger partial charge is 0.312 e. The Labute approximate surface area is 150 Å². The first kappa shape index (κ1) is 16.7. The number of aliphatic carboxylic acids is 1. The summed E-state index contributed by atoms with van der Waals surface area (Å²) in [6.45, 7) is 4.11. The summed E-state index contributed by atoms with van der Waals surface area (Å²) in [5.74, 6) is -0.821. The lowest BCUT2D eigenvalue weighted by atomic mass is 9.81. The van der Waals surface area contributed by atoms with Gasteiger partial charge in [-0.3, -0.25) is 14.6 Å². The Morgan fingerprint density at radius 2 is 1.96 bits per heavy atom. The zero-order chi connectivity index (χ0) is 17.4. The Balaban J connectivity index is 1.46. The van der Waals surface area contributed by atoms with Crippen LogP contribution in [0.1, 0.15) is 10.4 Å². The first-order chi connectivity index (χ1) is 12.0. The van der Waals surface area contributed by atoms with E-state index in [9.17, 15) is 14.3 Å². The van der Waals surface area contributed by atoms with Gasteiger partial charge in [-0.2, -0.15) is 0 Å². The van der Waals surface area contributed by atoms with Gasteiger partial charge in [0.2, 0.25) is 0 Å². The monoisotopic (exact) mass is 360 g/mol. The van der Waals surface area contributed by atoms with Crippen LogP contribution in [-0.2, 0) is 17.9 Å². The Kier molecular flexibility index (Phi) is 4.35. The van der Waals surface area contributed by atoms with Crippen molar-refractivity contribution in [2.45, 2.75) is 13.1 Å². The number of likely N-dealkylation sites (tertiary alicyclic amines) is 2. The summed E-state index contributed by atoms with van der Waals surface area (Å²) < 4.78 is 13.4. The summed E-state index contributed by atoms with van der Waals surface area (Å²) in [4.78, 5) is 17.8. The Hall–Kier alpha value is -1.76. The van der Waals surface area contributed by atoms with Crippen LogP contribution < -0.4 is 0 Å². The molecule has 1 N–H and O–H groups in total. The topological polar surface area (TPSA) is 43.8 Å². The van der Waals surface area contributed by atoms with Gasteiger partial charge in [-0.25, -0.2) is 4.39 Å². The molecule has 1 aromatic carbocycles. The molecule has 2 aromatic rings. The summed E-state index contributed by atoms with van der Waals surface area (Å²) in [7, 11) is 0. The van der Waals surface area contributed by atoms with E-state index in [2.05, 4.69) is 21.2 Å². The van der Waals surface area contributed by atoms with Crippen LogP contribution in [0.3, 0.4) is 0 Å². The molecule has 0 spiro atoms. The van der Waals surface area contributed by atoms with Gasteiger partial charge in [0.1, 0.15) is 5.82 Å². The number of rotatable bonds is 5. The first-order valence-electron chi connectivity index (χ1n) is 8.50. The van der Waals surface area contributed by atoms with Crippen molar-refractivity contribution >= 4 is 17.3 Å². The number of carbonyl (C=O) groups is 1. The summed E-state index contributed by atoms with van der Waals surface area (Å²) >= 11 is 1.71. The Bertz CT molecular complexity index is 767. The van der Waals surface area contributed by atoms with E-state index in [1.165, 1.54) is 17.0 Å². The molecular formula is C19H21FN2O2S. The number of carboxylic acids is 1. The van der Waals surface area contributed by atoms with Gasteiger partial charge in [-0.05, 0) is 29.1 Å². The molecule has 3 heterocycles. The molecule has 0 bridgehead atoms. The van der Waals surface area contributed by atoms with Crippen LogP contribution in [0.4, 0.5) is 4.39 Å². The number of fused-ring (bicyclic) bond motifs is 1. The maximum absolute atomic E-state index is 13.4. The van der Waals surface area contributed by atoms with Crippen molar-refractivity contribution in [3.05, 3.63) is 58.0 Å². The normalized spacial score (nSPS) is 26.8. The number of hydrogen-bond donors (Lipinski definition) is 1. The molecule has 132 valence electrons. The van der Waals surface area contributed by atoms with Crippen molar-refractivity contribution in [2.24, 2.45) is 11.3 Å². The van der Waals surface area contributed by atoms with Crippen molar-refractivity contribution in [2.75, 3.05) is 26.2 Å². The lowest BCUT2D eigenvalue weighted by molar-refractivity contribution is -0.149. The first-order valence-corrected chi connectivity index (χ1v) is 9.38. The number of thiophene rings is 1. The van der Waals surface area contributed by atoms with E-state index in [1.807, 2.05) is 12.1 Å². The van der Waals surface area contributed by atoms with E-state index in [1.54, 1.807) is 17.4 Å². The van der Waals surface area contributed by atoms with Gasteiger partial charge in [0.05, 0.1) is 5.41 Å². The quantitative estimate of drug-likeness (QED) is 0.890. The van der Waals surface area contributed by atoms with Gasteiger partial charge >= 0.3 is 5.97 Å². The number of carboxylic acid groups (broad SMARTS) is 1. The van der Waals surface area contributed by atoms with Gasteiger partial charge in [0, 0.05) is 50.1 Å². The standard InChI is InChI=1S/C19H21FN2O2S/c20-16-4-1-3-14(7-16)8-21-9-15-10-22(11-17-5-2-6-25-17)13-19(15,12-21)18(23)24/h1-7,15H,8-13H2,(H,23,24)/t15-,19-/m0/s1. The van der Waals surface area contributed by atoms with E-state index in [0.29, 0.717) is 19.6 Å². The third-order valence-electron chi connectivity index (χ3n) is 5.43. The number of benzene rings is 1. The van der Waals surface area contributed by atoms with Crippen molar-refractivity contribution in [1.82, 2.24) is 9.80 Å². The van der Waals surface area contributed by atoms with Crippen molar-refractivity contribution < 1.29 is 14.3 Å². The maximum Gasteiger partial charge on any atom is 0.312 e. The highest BCUT2D eigenvalue weighted by molar-refractivity contribution is 7.09. The molecule has 4 nitrogen and oxygen atoms in total. The zero-order valence-electron chi connectivity index (χ0n) is 13.9. The van der Waals surface area contributed by atoms with E-state index in [-0.39, 0.29) is 11.7 Å². The summed E-state index contributed by atoms with van der Waals surface area (Å²) in [5, 5.41) is 12.0. The van der Waals surface area contributed by atoms with E-state index in [0.717, 1.165) is 25.2 Å². The molecule has 0 amide bonds. The average molecular weight is 360 g/mol. The summed E-state index contributed by atoms with van der Waals surface area (Å²) in [5.41, 5.74) is 0.195. The highest BCUT2D eigenvalue weighted by atomic mass is 32.1. The van der Waals surface area contributed by atoms with Gasteiger partial charge in [-0.1, -0.05) is 18.2 Å². The molecule has 1 aromatic heterocycles. The molecular weight excluding hydrogens is 339 g/mol. The fourth-order valence-electron chi connectivity index (χ4n) is 4.33. The second-order valence-corrected chi connectivity index (χ2v) is 8.24. The predicted octanol–water partition coefficient (Wildman–Crippen LogP) is 2.91. The minimum atomic E-state index is -0.704. The third kappa shape index (κ3) is 3.21. The Morgan fingerprint density at radius 3 is 2.56 bits per heavy atom. The van der Waals surface area contributed by atoms with Crippen molar-refractivity contribution in [3.8, 4) is 0 Å². The summed E-state index contributed by atoms with van der Waals surface area (Å²) in [6, 6.07) is 10.7. The SMILES string of the molecule is O=C(O)[C@]12CN(Cc3cccc(F)c3)C[C@H]1CN(Cc1cccs1)C2. The third-order valence-corrected chi connectivity index (χ3v) is 6.29. The number of hydrogen-bond acceptors (Lipinski definition) is 4. The van der Waals surface area contributed by atoms with Crippen LogP contribution in [0, 0.1) is 17.2 Å². The predicted molar refractivity (Wildman–Crippen MR) is 94.8 cm³/mol. The largest absolute Gasteiger partial charge is 0.481 e. The van der Waals surface area contributed by atoms with Crippen LogP contribution in [0.25, 0.3) is 0 Å². The van der Waals surface area contributed by atoms with Crippen LogP contribution in [0.15, 0.2) is 41.8 Å². The fraction of sp³-hybridized carbons (Fsp3) is 0.421. The van der Waals surface area contributed by atoms with Crippen LogP contribution in [0.2, 0.25) is 0 Å². The second kappa shape index (κ2) is 6.52. The molecule has 2 atom stereocenters. The molecule has 25 heavy (non-hydrogen) atoms. The second-order valence-electron chi connectivity index (χ2n) is 7.21. The molecule has 2 fully saturated rings. The lowest BCUT2D eigenvalue weighted by Crippen LogP contribution is -2.40. The maximum atomic E-state index is 13.4. The molecule has 4 rings (SSSR count). The highest BCUT2D eigenvalue weighted by Gasteiger charge is 2.57. The number of halogens is 1. The van der Waals surface area contributed by atoms with E-state index in [4.69, 9.17) is 0 Å². The molecule has 0 unspecified atom stereocenters. The average Bonchev–Trinajstić information content (AvgIpc) is 3.23. The van der Waals surface area contributed by atoms with Gasteiger partial charge < -0.3 is 5.11 Å². The van der Waals surface area contributed by atoms with Crippen LogP contribution in [-0.4, -0.2) is 47.1 Å². The zero-order valence-corrected chi connectivity index (χ0v) is 14.7. The van der Waals surface area contributed by atoms with Gasteiger partial charge in [0.25, 0.3) is 0 Å². The van der Waals surface area contributed by atoms with E-state index >= 15 is 0 Å². The molecule has 2 aliphatic rings. The fourth-order valence-corrected chi connectivity index (χ4v) is 5.08. The minimum Gasteiger partial charge on any atom is -0.481 e. The number of nitrogens with zero attached hydrogens (tertiary/aromatic N) is 2. The molecule has 6 heteroatoms. The minimum absolute atomic E-state index is 0.124. The van der Waals surface area contributed by atoms with Crippen LogP contribution >= 0.6 is 11.3 Å². The molecule has 0 aliphatic carbocycles. The summed E-state index contributed by atoms with van der Waals surface area (Å²) in [6.07, 6.45) is 0. The van der Waals surface area contributed by atoms with Gasteiger partial charge in [0.15, 0.2) is 0 Å². The highest BCUT2D eigenvalue weighted by Crippen LogP contribution is 2.43. The van der Waals surface area contributed by atoms with Crippen molar-refractivity contribution in [3.63, 3.8) is 0 Å².